The van der Waals surface area contributed by atoms with Crippen LogP contribution >= 0.6 is 0 Å². The average molecular weight is 396 g/mol. The quantitative estimate of drug-likeness (QED) is 0.695. The molecule has 2 aliphatic rings. The van der Waals surface area contributed by atoms with Crippen molar-refractivity contribution in [3.05, 3.63) is 24.3 Å². The molecule has 27 heavy (non-hydrogen) atoms. The number of sulfonamides is 1. The standard InChI is InChI=1S/C18H24N2O6S/c1-18(2,3)20-27(24,25)11-6-4-10(5-7-11)19-16(21)14-12-8-9-13(26-12)15(14)17(22)23/h4-7,12-15,20H,8-9H2,1-3H3,(H,19,21)(H,22,23)/t12-,13-,14-,15+/m1/s1. The maximum absolute atomic E-state index is 12.6. The molecule has 0 aromatic heterocycles. The second kappa shape index (κ2) is 6.88. The van der Waals surface area contributed by atoms with Crippen LogP contribution < -0.4 is 10.0 Å². The van der Waals surface area contributed by atoms with Gasteiger partial charge in [0, 0.05) is 11.2 Å². The van der Waals surface area contributed by atoms with Crippen LogP contribution in [0.1, 0.15) is 33.6 Å². The van der Waals surface area contributed by atoms with E-state index in [1.165, 1.54) is 24.3 Å². The number of fused-ring (bicyclic) bond motifs is 2. The first kappa shape index (κ1) is 19.8. The molecule has 4 atom stereocenters. The lowest BCUT2D eigenvalue weighted by atomic mass is 9.78. The van der Waals surface area contributed by atoms with Gasteiger partial charge in [-0.3, -0.25) is 9.59 Å². The molecule has 2 bridgehead atoms. The van der Waals surface area contributed by atoms with Crippen molar-refractivity contribution in [3.63, 3.8) is 0 Å². The highest BCUT2D eigenvalue weighted by Gasteiger charge is 2.55. The maximum atomic E-state index is 12.6. The normalized spacial score (nSPS) is 27.5. The lowest BCUT2D eigenvalue weighted by Gasteiger charge is -2.24. The minimum Gasteiger partial charge on any atom is -0.481 e. The van der Waals surface area contributed by atoms with Gasteiger partial charge in [0.05, 0.1) is 28.9 Å². The van der Waals surface area contributed by atoms with Gasteiger partial charge in [-0.2, -0.15) is 0 Å². The summed E-state index contributed by atoms with van der Waals surface area (Å²) in [6.45, 7) is 5.24. The Labute approximate surface area is 158 Å². The first-order valence-corrected chi connectivity index (χ1v) is 10.3. The Morgan fingerprint density at radius 3 is 2.15 bits per heavy atom. The monoisotopic (exact) mass is 396 g/mol. The zero-order valence-electron chi connectivity index (χ0n) is 15.4. The lowest BCUT2D eigenvalue weighted by Crippen LogP contribution is -2.41. The van der Waals surface area contributed by atoms with E-state index in [1.54, 1.807) is 20.8 Å². The van der Waals surface area contributed by atoms with Gasteiger partial charge in [0.2, 0.25) is 15.9 Å². The summed E-state index contributed by atoms with van der Waals surface area (Å²) in [4.78, 5) is 24.2. The van der Waals surface area contributed by atoms with Crippen molar-refractivity contribution < 1.29 is 27.9 Å². The van der Waals surface area contributed by atoms with Crippen LogP contribution in [0.5, 0.6) is 0 Å². The molecule has 0 saturated carbocycles. The number of carboxylic acid groups (broad SMARTS) is 1. The molecule has 9 heteroatoms. The molecular weight excluding hydrogens is 372 g/mol. The number of amides is 1. The predicted molar refractivity (Wildman–Crippen MR) is 97.7 cm³/mol. The highest BCUT2D eigenvalue weighted by molar-refractivity contribution is 7.89. The molecule has 2 saturated heterocycles. The summed E-state index contributed by atoms with van der Waals surface area (Å²) in [5.41, 5.74) is -0.207. The third-order valence-corrected chi connectivity index (χ3v) is 6.51. The van der Waals surface area contributed by atoms with E-state index in [9.17, 15) is 23.1 Å². The predicted octanol–water partition coefficient (Wildman–Crippen LogP) is 1.58. The van der Waals surface area contributed by atoms with Gasteiger partial charge in [0.1, 0.15) is 0 Å². The SMILES string of the molecule is CC(C)(C)NS(=O)(=O)c1ccc(NC(=O)[C@H]2[C@@H](C(=O)O)[C@H]3CC[C@H]2O3)cc1. The number of carbonyl (C=O) groups is 2. The number of anilines is 1. The van der Waals surface area contributed by atoms with Crippen LogP contribution in [-0.2, 0) is 24.3 Å². The smallest absolute Gasteiger partial charge is 0.310 e. The fourth-order valence-corrected chi connectivity index (χ4v) is 5.15. The van der Waals surface area contributed by atoms with Gasteiger partial charge in [0.15, 0.2) is 0 Å². The van der Waals surface area contributed by atoms with Crippen LogP contribution in [0, 0.1) is 11.8 Å². The summed E-state index contributed by atoms with van der Waals surface area (Å²) in [5, 5.41) is 12.1. The second-order valence-electron chi connectivity index (χ2n) is 8.05. The van der Waals surface area contributed by atoms with E-state index in [-0.39, 0.29) is 11.0 Å². The number of carboxylic acids is 1. The topological polar surface area (TPSA) is 122 Å². The first-order chi connectivity index (χ1) is 12.5. The van der Waals surface area contributed by atoms with Crippen molar-refractivity contribution in [1.29, 1.82) is 0 Å². The molecule has 3 N–H and O–H groups in total. The summed E-state index contributed by atoms with van der Waals surface area (Å²) >= 11 is 0. The van der Waals surface area contributed by atoms with Crippen molar-refractivity contribution in [2.24, 2.45) is 11.8 Å². The minimum atomic E-state index is -3.67. The van der Waals surface area contributed by atoms with Crippen LogP contribution in [0.25, 0.3) is 0 Å². The Hall–Kier alpha value is -1.97. The summed E-state index contributed by atoms with van der Waals surface area (Å²) in [6.07, 6.45) is 0.520. The fourth-order valence-electron chi connectivity index (χ4n) is 3.73. The van der Waals surface area contributed by atoms with E-state index in [2.05, 4.69) is 10.0 Å². The van der Waals surface area contributed by atoms with Gasteiger partial charge in [-0.25, -0.2) is 13.1 Å². The molecule has 2 heterocycles. The van der Waals surface area contributed by atoms with Gasteiger partial charge < -0.3 is 15.2 Å². The van der Waals surface area contributed by atoms with E-state index in [1.807, 2.05) is 0 Å². The van der Waals surface area contributed by atoms with E-state index >= 15 is 0 Å². The lowest BCUT2D eigenvalue weighted by molar-refractivity contribution is -0.147. The second-order valence-corrected chi connectivity index (χ2v) is 9.73. The Balaban J connectivity index is 1.72. The number of hydrogen-bond donors (Lipinski definition) is 3. The Bertz CT molecular complexity index is 844. The summed E-state index contributed by atoms with van der Waals surface area (Å²) in [7, 11) is -3.67. The molecule has 2 aliphatic heterocycles. The molecule has 8 nitrogen and oxygen atoms in total. The number of nitrogens with one attached hydrogen (secondary N) is 2. The molecule has 1 aromatic carbocycles. The highest BCUT2D eigenvalue weighted by Crippen LogP contribution is 2.44. The number of carbonyl (C=O) groups excluding carboxylic acids is 1. The minimum absolute atomic E-state index is 0.0853. The zero-order chi connectivity index (χ0) is 20.0. The van der Waals surface area contributed by atoms with Gasteiger partial charge in [0.25, 0.3) is 0 Å². The number of aliphatic carboxylic acids is 1. The van der Waals surface area contributed by atoms with Crippen LogP contribution in [-0.4, -0.2) is 43.1 Å². The molecule has 2 fully saturated rings. The molecule has 3 rings (SSSR count). The van der Waals surface area contributed by atoms with E-state index in [4.69, 9.17) is 4.74 Å². The summed E-state index contributed by atoms with van der Waals surface area (Å²) in [6, 6.07) is 5.77. The van der Waals surface area contributed by atoms with Crippen molar-refractivity contribution in [3.8, 4) is 0 Å². The zero-order valence-corrected chi connectivity index (χ0v) is 16.2. The van der Waals surface area contributed by atoms with E-state index in [0.29, 0.717) is 18.5 Å². The fraction of sp³-hybridized carbons (Fsp3) is 0.556. The number of hydrogen-bond acceptors (Lipinski definition) is 5. The molecule has 0 aliphatic carbocycles. The molecule has 0 spiro atoms. The molecule has 0 unspecified atom stereocenters. The van der Waals surface area contributed by atoms with Crippen LogP contribution in [0.3, 0.4) is 0 Å². The van der Waals surface area contributed by atoms with Gasteiger partial charge in [-0.05, 0) is 57.9 Å². The molecule has 0 radical (unpaired) electrons. The number of benzene rings is 1. The Kier molecular flexibility index (Phi) is 5.04. The molecular formula is C18H24N2O6S. The molecule has 1 aromatic rings. The van der Waals surface area contributed by atoms with E-state index < -0.39 is 45.4 Å². The number of rotatable bonds is 5. The Morgan fingerprint density at radius 1 is 1.07 bits per heavy atom. The van der Waals surface area contributed by atoms with Crippen LogP contribution in [0.4, 0.5) is 5.69 Å². The van der Waals surface area contributed by atoms with Gasteiger partial charge in [-0.15, -0.1) is 0 Å². The third kappa shape index (κ3) is 4.15. The summed E-state index contributed by atoms with van der Waals surface area (Å²) in [5.74, 6) is -3.04. The van der Waals surface area contributed by atoms with Gasteiger partial charge in [-0.1, -0.05) is 0 Å². The average Bonchev–Trinajstić information content (AvgIpc) is 3.14. The van der Waals surface area contributed by atoms with Crippen molar-refractivity contribution in [2.75, 3.05) is 5.32 Å². The van der Waals surface area contributed by atoms with Crippen molar-refractivity contribution >= 4 is 27.6 Å². The molecule has 1 amide bonds. The highest BCUT2D eigenvalue weighted by atomic mass is 32.2. The van der Waals surface area contributed by atoms with Gasteiger partial charge >= 0.3 is 5.97 Å². The van der Waals surface area contributed by atoms with Crippen LogP contribution in [0.2, 0.25) is 0 Å². The van der Waals surface area contributed by atoms with E-state index in [0.717, 1.165) is 0 Å². The number of ether oxygens (including phenoxy) is 1. The van der Waals surface area contributed by atoms with Crippen molar-refractivity contribution in [2.45, 2.75) is 56.3 Å². The maximum Gasteiger partial charge on any atom is 0.310 e. The Morgan fingerprint density at radius 2 is 1.63 bits per heavy atom. The first-order valence-electron chi connectivity index (χ1n) is 8.81. The summed E-state index contributed by atoms with van der Waals surface area (Å²) < 4.78 is 32.8. The largest absolute Gasteiger partial charge is 0.481 e. The van der Waals surface area contributed by atoms with Crippen molar-refractivity contribution in [1.82, 2.24) is 4.72 Å². The molecule has 148 valence electrons. The third-order valence-electron chi connectivity index (χ3n) is 4.73. The van der Waals surface area contributed by atoms with Crippen LogP contribution in [0.15, 0.2) is 29.2 Å².